The molecule has 0 saturated carbocycles. The molecule has 0 aliphatic carbocycles. The third-order valence-corrected chi connectivity index (χ3v) is 3.88. The van der Waals surface area contributed by atoms with E-state index in [2.05, 4.69) is 10.6 Å². The summed E-state index contributed by atoms with van der Waals surface area (Å²) >= 11 is 0. The molecule has 8 nitrogen and oxygen atoms in total. The summed E-state index contributed by atoms with van der Waals surface area (Å²) in [7, 11) is 4.56. The highest BCUT2D eigenvalue weighted by Gasteiger charge is 2.17. The van der Waals surface area contributed by atoms with Crippen molar-refractivity contribution in [1.29, 1.82) is 0 Å². The highest BCUT2D eigenvalue weighted by molar-refractivity contribution is 5.97. The second kappa shape index (κ2) is 8.79. The molecule has 4 N–H and O–H groups in total. The van der Waals surface area contributed by atoms with Gasteiger partial charge in [0.25, 0.3) is 0 Å². The molecule has 0 radical (unpaired) electrons. The van der Waals surface area contributed by atoms with Crippen molar-refractivity contribution in [2.24, 2.45) is 5.73 Å². The molecule has 144 valence electrons. The maximum Gasteiger partial charge on any atom is 0.248 e. The van der Waals surface area contributed by atoms with Crippen molar-refractivity contribution in [2.45, 2.75) is 13.0 Å². The number of primary amides is 1. The SMILES string of the molecule is COc1cc(N[C@H](C)C(=O)Nc2ccc(C(N)=O)cc2)cc(OC)c1OC. The molecule has 0 spiro atoms. The highest BCUT2D eigenvalue weighted by atomic mass is 16.5. The summed E-state index contributed by atoms with van der Waals surface area (Å²) in [5.74, 6) is 0.654. The van der Waals surface area contributed by atoms with Crippen LogP contribution in [0.1, 0.15) is 17.3 Å². The van der Waals surface area contributed by atoms with Gasteiger partial charge in [0.1, 0.15) is 6.04 Å². The van der Waals surface area contributed by atoms with Crippen LogP contribution >= 0.6 is 0 Å². The minimum atomic E-state index is -0.552. The first-order chi connectivity index (χ1) is 12.9. The number of anilines is 2. The van der Waals surface area contributed by atoms with Gasteiger partial charge in [-0.05, 0) is 31.2 Å². The van der Waals surface area contributed by atoms with Crippen LogP contribution in [-0.4, -0.2) is 39.2 Å². The molecule has 0 aromatic heterocycles. The summed E-state index contributed by atoms with van der Waals surface area (Å²) in [5.41, 5.74) is 6.77. The Bertz CT molecular complexity index is 796. The third kappa shape index (κ3) is 4.81. The van der Waals surface area contributed by atoms with Crippen LogP contribution in [0.4, 0.5) is 11.4 Å². The number of amides is 2. The summed E-state index contributed by atoms with van der Waals surface area (Å²) in [5, 5.41) is 5.86. The lowest BCUT2D eigenvalue weighted by atomic mass is 10.2. The smallest absolute Gasteiger partial charge is 0.248 e. The number of carbonyl (C=O) groups excluding carboxylic acids is 2. The summed E-state index contributed by atoms with van der Waals surface area (Å²) in [6.45, 7) is 1.72. The van der Waals surface area contributed by atoms with Gasteiger partial charge in [-0.1, -0.05) is 0 Å². The molecule has 2 rings (SSSR count). The number of methoxy groups -OCH3 is 3. The van der Waals surface area contributed by atoms with E-state index in [0.717, 1.165) is 0 Å². The Morgan fingerprint density at radius 1 is 0.926 bits per heavy atom. The Kier molecular flexibility index (Phi) is 6.48. The van der Waals surface area contributed by atoms with Gasteiger partial charge >= 0.3 is 0 Å². The zero-order valence-electron chi connectivity index (χ0n) is 15.7. The zero-order valence-corrected chi connectivity index (χ0v) is 15.7. The number of benzene rings is 2. The molecule has 0 fully saturated rings. The summed E-state index contributed by atoms with van der Waals surface area (Å²) in [6, 6.07) is 9.21. The predicted octanol–water partition coefficient (Wildman–Crippen LogP) is 2.25. The topological polar surface area (TPSA) is 112 Å². The molecule has 0 bridgehead atoms. The molecule has 1 atom stereocenters. The minimum absolute atomic E-state index is 0.254. The van der Waals surface area contributed by atoms with Crippen molar-refractivity contribution >= 4 is 23.2 Å². The first-order valence-corrected chi connectivity index (χ1v) is 8.16. The van der Waals surface area contributed by atoms with Crippen LogP contribution in [0, 0.1) is 0 Å². The van der Waals surface area contributed by atoms with Gasteiger partial charge in [-0.3, -0.25) is 9.59 Å². The molecule has 0 aliphatic rings. The highest BCUT2D eigenvalue weighted by Crippen LogP contribution is 2.40. The van der Waals surface area contributed by atoms with Gasteiger partial charge in [0.15, 0.2) is 11.5 Å². The normalized spacial score (nSPS) is 11.3. The van der Waals surface area contributed by atoms with Crippen molar-refractivity contribution in [3.05, 3.63) is 42.0 Å². The van der Waals surface area contributed by atoms with E-state index in [1.54, 1.807) is 43.3 Å². The van der Waals surface area contributed by atoms with Crippen LogP contribution < -0.4 is 30.6 Å². The Labute approximate surface area is 157 Å². The van der Waals surface area contributed by atoms with E-state index in [1.807, 2.05) is 0 Å². The van der Waals surface area contributed by atoms with Crippen molar-refractivity contribution in [3.63, 3.8) is 0 Å². The first kappa shape index (κ1) is 19.9. The van der Waals surface area contributed by atoms with Gasteiger partial charge in [0.05, 0.1) is 21.3 Å². The average Bonchev–Trinajstić information content (AvgIpc) is 2.67. The van der Waals surface area contributed by atoms with Crippen molar-refractivity contribution < 1.29 is 23.8 Å². The van der Waals surface area contributed by atoms with E-state index >= 15 is 0 Å². The van der Waals surface area contributed by atoms with Crippen LogP contribution in [-0.2, 0) is 4.79 Å². The number of nitrogens with one attached hydrogen (secondary N) is 2. The van der Waals surface area contributed by atoms with E-state index in [9.17, 15) is 9.59 Å². The van der Waals surface area contributed by atoms with Crippen LogP contribution in [0.25, 0.3) is 0 Å². The van der Waals surface area contributed by atoms with E-state index in [-0.39, 0.29) is 5.91 Å². The Morgan fingerprint density at radius 2 is 1.48 bits per heavy atom. The fourth-order valence-corrected chi connectivity index (χ4v) is 2.45. The van der Waals surface area contributed by atoms with Crippen molar-refractivity contribution in [3.8, 4) is 17.2 Å². The molecule has 0 unspecified atom stereocenters. The van der Waals surface area contributed by atoms with Crippen molar-refractivity contribution in [1.82, 2.24) is 0 Å². The fourth-order valence-electron chi connectivity index (χ4n) is 2.45. The van der Waals surface area contributed by atoms with Crippen LogP contribution in [0.2, 0.25) is 0 Å². The lowest BCUT2D eigenvalue weighted by Crippen LogP contribution is -2.31. The number of carbonyl (C=O) groups is 2. The van der Waals surface area contributed by atoms with E-state index < -0.39 is 11.9 Å². The molecule has 2 amide bonds. The molecule has 2 aromatic carbocycles. The maximum absolute atomic E-state index is 12.4. The monoisotopic (exact) mass is 373 g/mol. The summed E-state index contributed by atoms with van der Waals surface area (Å²) < 4.78 is 15.9. The quantitative estimate of drug-likeness (QED) is 0.654. The Balaban J connectivity index is 2.10. The van der Waals surface area contributed by atoms with E-state index in [4.69, 9.17) is 19.9 Å². The van der Waals surface area contributed by atoms with Crippen LogP contribution in [0.15, 0.2) is 36.4 Å². The second-order valence-electron chi connectivity index (χ2n) is 5.71. The number of ether oxygens (including phenoxy) is 3. The largest absolute Gasteiger partial charge is 0.493 e. The Hall–Kier alpha value is -3.42. The average molecular weight is 373 g/mol. The van der Waals surface area contributed by atoms with Gasteiger partial charge in [0.2, 0.25) is 17.6 Å². The molecule has 27 heavy (non-hydrogen) atoms. The number of hydrogen-bond acceptors (Lipinski definition) is 6. The molecule has 8 heteroatoms. The molecular formula is C19H23N3O5. The molecule has 0 aliphatic heterocycles. The standard InChI is InChI=1S/C19H23N3O5/c1-11(19(24)22-13-7-5-12(6-8-13)18(20)23)21-14-9-15(25-2)17(27-4)16(10-14)26-3/h5-11,21H,1-4H3,(H2,20,23)(H,22,24)/t11-/m1/s1. The maximum atomic E-state index is 12.4. The first-order valence-electron chi connectivity index (χ1n) is 8.16. The predicted molar refractivity (Wildman–Crippen MR) is 103 cm³/mol. The van der Waals surface area contributed by atoms with E-state index in [0.29, 0.717) is 34.2 Å². The lowest BCUT2D eigenvalue weighted by Gasteiger charge is -2.18. The van der Waals surface area contributed by atoms with Gasteiger partial charge < -0.3 is 30.6 Å². The van der Waals surface area contributed by atoms with Crippen molar-refractivity contribution in [2.75, 3.05) is 32.0 Å². The van der Waals surface area contributed by atoms with Crippen LogP contribution in [0.3, 0.4) is 0 Å². The Morgan fingerprint density at radius 3 is 1.93 bits per heavy atom. The van der Waals surface area contributed by atoms with Gasteiger partial charge in [-0.25, -0.2) is 0 Å². The molecule has 2 aromatic rings. The summed E-state index contributed by atoms with van der Waals surface area (Å²) in [4.78, 5) is 23.5. The summed E-state index contributed by atoms with van der Waals surface area (Å²) in [6.07, 6.45) is 0. The van der Waals surface area contributed by atoms with Crippen LogP contribution in [0.5, 0.6) is 17.2 Å². The van der Waals surface area contributed by atoms with Gasteiger partial charge in [-0.15, -0.1) is 0 Å². The minimum Gasteiger partial charge on any atom is -0.493 e. The number of nitrogens with two attached hydrogens (primary N) is 1. The van der Waals surface area contributed by atoms with Gasteiger partial charge in [-0.2, -0.15) is 0 Å². The van der Waals surface area contributed by atoms with E-state index in [1.165, 1.54) is 21.3 Å². The second-order valence-corrected chi connectivity index (χ2v) is 5.71. The number of hydrogen-bond donors (Lipinski definition) is 3. The lowest BCUT2D eigenvalue weighted by molar-refractivity contribution is -0.116. The zero-order chi connectivity index (χ0) is 20.0. The molecular weight excluding hydrogens is 350 g/mol. The third-order valence-electron chi connectivity index (χ3n) is 3.88. The molecule has 0 heterocycles. The fraction of sp³-hybridized carbons (Fsp3) is 0.263. The number of rotatable bonds is 8. The molecule has 0 saturated heterocycles. The van der Waals surface area contributed by atoms with Gasteiger partial charge in [0, 0.05) is 29.1 Å².